The van der Waals surface area contributed by atoms with Crippen molar-refractivity contribution in [2.24, 2.45) is 0 Å². The SMILES string of the molecule is C=CCC(O)c1sccc1Cl. The summed E-state index contributed by atoms with van der Waals surface area (Å²) in [5.74, 6) is 0. The van der Waals surface area contributed by atoms with E-state index in [0.717, 1.165) is 4.88 Å². The Labute approximate surface area is 74.9 Å². The van der Waals surface area contributed by atoms with Gasteiger partial charge in [-0.25, -0.2) is 0 Å². The van der Waals surface area contributed by atoms with Gasteiger partial charge in [0.15, 0.2) is 0 Å². The molecule has 0 aromatic carbocycles. The standard InChI is InChI=1S/C8H9ClOS/c1-2-3-7(10)8-6(9)4-5-11-8/h2,4-5,7,10H,1,3H2. The Hall–Kier alpha value is -0.310. The summed E-state index contributed by atoms with van der Waals surface area (Å²) in [7, 11) is 0. The molecule has 0 amide bonds. The van der Waals surface area contributed by atoms with Gasteiger partial charge in [0, 0.05) is 0 Å². The van der Waals surface area contributed by atoms with E-state index in [-0.39, 0.29) is 0 Å². The van der Waals surface area contributed by atoms with E-state index in [1.54, 1.807) is 12.1 Å². The Kier molecular flexibility index (Phi) is 3.12. The summed E-state index contributed by atoms with van der Waals surface area (Å²) in [6.45, 7) is 3.54. The smallest absolute Gasteiger partial charge is 0.0931 e. The molecule has 0 fully saturated rings. The molecule has 0 spiro atoms. The number of hydrogen-bond acceptors (Lipinski definition) is 2. The van der Waals surface area contributed by atoms with Crippen LogP contribution in [0.1, 0.15) is 17.4 Å². The van der Waals surface area contributed by atoms with Gasteiger partial charge >= 0.3 is 0 Å². The van der Waals surface area contributed by atoms with Gasteiger partial charge in [-0.2, -0.15) is 0 Å². The molecule has 11 heavy (non-hydrogen) atoms. The number of hydrogen-bond donors (Lipinski definition) is 1. The van der Waals surface area contributed by atoms with Gasteiger partial charge in [0.2, 0.25) is 0 Å². The van der Waals surface area contributed by atoms with Gasteiger partial charge in [-0.3, -0.25) is 0 Å². The van der Waals surface area contributed by atoms with Crippen LogP contribution in [0.3, 0.4) is 0 Å². The minimum atomic E-state index is -0.486. The van der Waals surface area contributed by atoms with Crippen molar-refractivity contribution < 1.29 is 5.11 Å². The lowest BCUT2D eigenvalue weighted by Crippen LogP contribution is -1.91. The molecule has 1 heterocycles. The van der Waals surface area contributed by atoms with Crippen LogP contribution in [0.5, 0.6) is 0 Å². The Morgan fingerprint density at radius 2 is 2.55 bits per heavy atom. The summed E-state index contributed by atoms with van der Waals surface area (Å²) in [5.41, 5.74) is 0. The van der Waals surface area contributed by atoms with Gasteiger partial charge in [0.25, 0.3) is 0 Å². The monoisotopic (exact) mass is 188 g/mol. The molecule has 0 saturated carbocycles. The highest BCUT2D eigenvalue weighted by molar-refractivity contribution is 7.10. The van der Waals surface area contributed by atoms with Crippen LogP contribution in [-0.4, -0.2) is 5.11 Å². The summed E-state index contributed by atoms with van der Waals surface area (Å²) >= 11 is 7.25. The molecule has 1 unspecified atom stereocenters. The summed E-state index contributed by atoms with van der Waals surface area (Å²) in [6.07, 6.45) is 1.75. The molecule has 0 saturated heterocycles. The fourth-order valence-electron chi connectivity index (χ4n) is 0.808. The number of rotatable bonds is 3. The zero-order chi connectivity index (χ0) is 8.27. The predicted molar refractivity (Wildman–Crippen MR) is 49.1 cm³/mol. The van der Waals surface area contributed by atoms with Crippen LogP contribution < -0.4 is 0 Å². The van der Waals surface area contributed by atoms with Crippen molar-refractivity contribution in [2.45, 2.75) is 12.5 Å². The average molecular weight is 189 g/mol. The third-order valence-corrected chi connectivity index (χ3v) is 2.80. The first kappa shape index (κ1) is 8.78. The Balaban J connectivity index is 2.74. The van der Waals surface area contributed by atoms with Crippen molar-refractivity contribution in [3.8, 4) is 0 Å². The molecule has 0 aliphatic heterocycles. The second-order valence-corrected chi connectivity index (χ2v) is 3.53. The van der Waals surface area contributed by atoms with Crippen LogP contribution in [-0.2, 0) is 0 Å². The van der Waals surface area contributed by atoms with Gasteiger partial charge in [-0.1, -0.05) is 17.7 Å². The van der Waals surface area contributed by atoms with E-state index in [9.17, 15) is 5.11 Å². The van der Waals surface area contributed by atoms with Crippen LogP contribution in [0.25, 0.3) is 0 Å². The van der Waals surface area contributed by atoms with E-state index >= 15 is 0 Å². The molecule has 1 nitrogen and oxygen atoms in total. The van der Waals surface area contributed by atoms with E-state index in [4.69, 9.17) is 11.6 Å². The number of thiophene rings is 1. The summed E-state index contributed by atoms with van der Waals surface area (Å²) < 4.78 is 0. The van der Waals surface area contributed by atoms with Gasteiger partial charge < -0.3 is 5.11 Å². The lowest BCUT2D eigenvalue weighted by Gasteiger charge is -2.04. The molecule has 1 rings (SSSR count). The van der Waals surface area contributed by atoms with E-state index in [0.29, 0.717) is 11.4 Å². The highest BCUT2D eigenvalue weighted by Crippen LogP contribution is 2.30. The summed E-state index contributed by atoms with van der Waals surface area (Å²) in [4.78, 5) is 0.826. The molecular formula is C8H9ClOS. The minimum Gasteiger partial charge on any atom is -0.387 e. The van der Waals surface area contributed by atoms with Crippen LogP contribution >= 0.6 is 22.9 Å². The normalized spacial score (nSPS) is 12.9. The molecule has 0 aliphatic carbocycles. The highest BCUT2D eigenvalue weighted by Gasteiger charge is 2.10. The molecule has 0 radical (unpaired) electrons. The molecule has 3 heteroatoms. The predicted octanol–water partition coefficient (Wildman–Crippen LogP) is 3.01. The third kappa shape index (κ3) is 2.06. The van der Waals surface area contributed by atoms with Crippen molar-refractivity contribution in [1.29, 1.82) is 0 Å². The van der Waals surface area contributed by atoms with Gasteiger partial charge in [-0.15, -0.1) is 17.9 Å². The molecule has 1 N–H and O–H groups in total. The Morgan fingerprint density at radius 3 is 3.00 bits per heavy atom. The second-order valence-electron chi connectivity index (χ2n) is 2.17. The average Bonchev–Trinajstić information content (AvgIpc) is 2.36. The molecule has 1 atom stereocenters. The maximum absolute atomic E-state index is 9.44. The van der Waals surface area contributed by atoms with E-state index < -0.39 is 6.10 Å². The number of halogens is 1. The van der Waals surface area contributed by atoms with Gasteiger partial charge in [0.1, 0.15) is 0 Å². The third-order valence-electron chi connectivity index (χ3n) is 1.34. The van der Waals surface area contributed by atoms with Crippen molar-refractivity contribution in [3.63, 3.8) is 0 Å². The number of aliphatic hydroxyl groups is 1. The lowest BCUT2D eigenvalue weighted by atomic mass is 10.2. The first-order valence-electron chi connectivity index (χ1n) is 3.27. The van der Waals surface area contributed by atoms with Gasteiger partial charge in [0.05, 0.1) is 16.0 Å². The molecule has 1 aromatic rings. The molecule has 1 aromatic heterocycles. The molecule has 60 valence electrons. The van der Waals surface area contributed by atoms with Crippen molar-refractivity contribution in [1.82, 2.24) is 0 Å². The van der Waals surface area contributed by atoms with E-state index in [1.807, 2.05) is 5.38 Å². The van der Waals surface area contributed by atoms with Crippen molar-refractivity contribution in [2.75, 3.05) is 0 Å². The summed E-state index contributed by atoms with van der Waals surface area (Å²) in [6, 6.07) is 1.79. The number of aliphatic hydroxyl groups excluding tert-OH is 1. The van der Waals surface area contributed by atoms with Crippen molar-refractivity contribution >= 4 is 22.9 Å². The minimum absolute atomic E-state index is 0.486. The van der Waals surface area contributed by atoms with Crippen LogP contribution in [0.2, 0.25) is 5.02 Å². The maximum atomic E-state index is 9.44. The van der Waals surface area contributed by atoms with Crippen molar-refractivity contribution in [3.05, 3.63) is 34.0 Å². The summed E-state index contributed by atoms with van der Waals surface area (Å²) in [5, 5.41) is 12.0. The Bertz CT molecular complexity index is 244. The molecule has 0 aliphatic rings. The lowest BCUT2D eigenvalue weighted by molar-refractivity contribution is 0.185. The fraction of sp³-hybridized carbons (Fsp3) is 0.250. The largest absolute Gasteiger partial charge is 0.387 e. The highest BCUT2D eigenvalue weighted by atomic mass is 35.5. The van der Waals surface area contributed by atoms with Crippen LogP contribution in [0, 0.1) is 0 Å². The molecular weight excluding hydrogens is 180 g/mol. The first-order chi connectivity index (χ1) is 5.25. The Morgan fingerprint density at radius 1 is 1.82 bits per heavy atom. The first-order valence-corrected chi connectivity index (χ1v) is 4.53. The topological polar surface area (TPSA) is 20.2 Å². The van der Waals surface area contributed by atoms with E-state index in [1.165, 1.54) is 11.3 Å². The zero-order valence-corrected chi connectivity index (χ0v) is 7.53. The zero-order valence-electron chi connectivity index (χ0n) is 5.96. The van der Waals surface area contributed by atoms with Crippen LogP contribution in [0.4, 0.5) is 0 Å². The van der Waals surface area contributed by atoms with E-state index in [2.05, 4.69) is 6.58 Å². The maximum Gasteiger partial charge on any atom is 0.0931 e. The van der Waals surface area contributed by atoms with Crippen LogP contribution in [0.15, 0.2) is 24.1 Å². The van der Waals surface area contributed by atoms with Gasteiger partial charge in [-0.05, 0) is 17.9 Å². The molecule has 0 bridgehead atoms. The quantitative estimate of drug-likeness (QED) is 0.724. The second kappa shape index (κ2) is 3.90. The fourth-order valence-corrected chi connectivity index (χ4v) is 1.99.